The molecule has 37 heavy (non-hydrogen) atoms. The normalized spacial score (nSPS) is 21.5. The minimum atomic E-state index is -0.623. The molecule has 1 fully saturated rings. The highest BCUT2D eigenvalue weighted by atomic mass is 32.2. The first-order chi connectivity index (χ1) is 17.7. The Bertz CT molecular complexity index is 1160. The van der Waals surface area contributed by atoms with Crippen molar-refractivity contribution in [1.29, 1.82) is 0 Å². The fraction of sp³-hybridized carbons (Fsp3) is 0.481. The van der Waals surface area contributed by atoms with Crippen LogP contribution in [0.3, 0.4) is 0 Å². The molecule has 198 valence electrons. The van der Waals surface area contributed by atoms with Gasteiger partial charge in [0.25, 0.3) is 0 Å². The highest BCUT2D eigenvalue weighted by Gasteiger charge is 2.42. The summed E-state index contributed by atoms with van der Waals surface area (Å²) in [6, 6.07) is 5.35. The molecule has 10 heteroatoms. The molecule has 0 aromatic heterocycles. The molecule has 0 radical (unpaired) electrons. The molecule has 3 aliphatic heterocycles. The second-order valence-electron chi connectivity index (χ2n) is 9.51. The topological polar surface area (TPSA) is 88.5 Å². The lowest BCUT2D eigenvalue weighted by Crippen LogP contribution is -2.44. The number of thioether (sulfide) groups is 1. The summed E-state index contributed by atoms with van der Waals surface area (Å²) in [7, 11) is 0. The van der Waals surface area contributed by atoms with Gasteiger partial charge in [-0.3, -0.25) is 9.59 Å². The van der Waals surface area contributed by atoms with Crippen LogP contribution in [0.1, 0.15) is 58.6 Å². The van der Waals surface area contributed by atoms with Crippen molar-refractivity contribution in [3.8, 4) is 0 Å². The maximum Gasteiger partial charge on any atom is 0.338 e. The second kappa shape index (κ2) is 11.5. The molecule has 8 nitrogen and oxygen atoms in total. The van der Waals surface area contributed by atoms with E-state index in [0.29, 0.717) is 53.8 Å². The van der Waals surface area contributed by atoms with Crippen molar-refractivity contribution in [3.05, 3.63) is 58.0 Å². The largest absolute Gasteiger partial charge is 0.466 e. The molecule has 0 N–H and O–H groups in total. The van der Waals surface area contributed by atoms with Gasteiger partial charge in [-0.1, -0.05) is 23.9 Å². The van der Waals surface area contributed by atoms with Crippen LogP contribution in [0.5, 0.6) is 0 Å². The number of aliphatic imine (C=N–C) groups is 1. The zero-order chi connectivity index (χ0) is 26.7. The predicted octanol–water partition coefficient (Wildman–Crippen LogP) is 4.54. The molecule has 0 saturated carbocycles. The van der Waals surface area contributed by atoms with E-state index in [1.165, 1.54) is 23.9 Å². The molecule has 0 bridgehead atoms. The van der Waals surface area contributed by atoms with Gasteiger partial charge in [-0.25, -0.2) is 14.2 Å². The van der Waals surface area contributed by atoms with E-state index in [1.807, 2.05) is 10.3 Å². The Labute approximate surface area is 220 Å². The first-order valence-electron chi connectivity index (χ1n) is 12.5. The van der Waals surface area contributed by atoms with E-state index < -0.39 is 12.0 Å². The Morgan fingerprint density at radius 3 is 2.62 bits per heavy atom. The van der Waals surface area contributed by atoms with Gasteiger partial charge >= 0.3 is 11.9 Å². The van der Waals surface area contributed by atoms with Gasteiger partial charge in [-0.2, -0.15) is 0 Å². The van der Waals surface area contributed by atoms with Gasteiger partial charge in [0.15, 0.2) is 5.17 Å². The van der Waals surface area contributed by atoms with Gasteiger partial charge in [0.1, 0.15) is 5.82 Å². The van der Waals surface area contributed by atoms with Gasteiger partial charge < -0.3 is 19.3 Å². The summed E-state index contributed by atoms with van der Waals surface area (Å²) >= 11 is 1.38. The number of likely N-dealkylation sites (tertiary alicyclic amines) is 1. The quantitative estimate of drug-likeness (QED) is 0.479. The molecular weight excluding hydrogens is 497 g/mol. The summed E-state index contributed by atoms with van der Waals surface area (Å²) in [6.07, 6.45) is 1.17. The Morgan fingerprint density at radius 2 is 1.95 bits per heavy atom. The van der Waals surface area contributed by atoms with Crippen LogP contribution in [-0.4, -0.2) is 58.6 Å². The van der Waals surface area contributed by atoms with E-state index >= 15 is 0 Å². The lowest BCUT2D eigenvalue weighted by Gasteiger charge is -2.37. The number of hydrogen-bond acceptors (Lipinski definition) is 8. The average molecular weight is 530 g/mol. The zero-order valence-corrected chi connectivity index (χ0v) is 22.3. The molecule has 3 heterocycles. The van der Waals surface area contributed by atoms with Crippen LogP contribution in [0.2, 0.25) is 0 Å². The van der Waals surface area contributed by atoms with Crippen LogP contribution in [0.4, 0.5) is 4.39 Å². The number of piperidine rings is 1. The fourth-order valence-electron chi connectivity index (χ4n) is 4.79. The number of ether oxygens (including phenoxy) is 2. The summed E-state index contributed by atoms with van der Waals surface area (Å²) in [5, 5.41) is 2.50. The number of rotatable bonds is 7. The second-order valence-corrected chi connectivity index (χ2v) is 10.3. The van der Waals surface area contributed by atoms with Crippen LogP contribution < -0.4 is 0 Å². The highest BCUT2D eigenvalue weighted by molar-refractivity contribution is 8.16. The lowest BCUT2D eigenvalue weighted by molar-refractivity contribution is -0.151. The summed E-state index contributed by atoms with van der Waals surface area (Å²) in [4.78, 5) is 47.0. The number of amidine groups is 1. The minimum Gasteiger partial charge on any atom is -0.466 e. The number of nitrogens with zero attached hydrogens (tertiary/aromatic N) is 3. The monoisotopic (exact) mass is 529 g/mol. The number of allylic oxidation sites excluding steroid dienone is 1. The van der Waals surface area contributed by atoms with Crippen LogP contribution in [0.25, 0.3) is 0 Å². The van der Waals surface area contributed by atoms with Gasteiger partial charge in [-0.15, -0.1) is 0 Å². The van der Waals surface area contributed by atoms with E-state index in [9.17, 15) is 18.8 Å². The first-order valence-corrected chi connectivity index (χ1v) is 13.4. The van der Waals surface area contributed by atoms with Crippen molar-refractivity contribution in [2.45, 2.75) is 59.1 Å². The molecule has 1 aromatic carbocycles. The maximum atomic E-state index is 13.8. The van der Waals surface area contributed by atoms with Crippen molar-refractivity contribution in [3.63, 3.8) is 0 Å². The van der Waals surface area contributed by atoms with Gasteiger partial charge in [0, 0.05) is 18.8 Å². The number of esters is 2. The average Bonchev–Trinajstić information content (AvgIpc) is 3.25. The maximum absolute atomic E-state index is 13.8. The van der Waals surface area contributed by atoms with Gasteiger partial charge in [0.2, 0.25) is 5.91 Å². The minimum absolute atomic E-state index is 0.0742. The standard InChI is InChI=1S/C27H32FN3O5S/c1-5-35-25(33)19-7-6-12-30(14-19)22(32)13-21-15-37-27-29-17(4)23(26(34)36-16(2)3)24(31(21)27)18-8-10-20(28)11-9-18/h8-11,15-16,19,24H,5-7,12-14H2,1-4H3/t19-,24-/m1/s1. The number of halogens is 1. The summed E-state index contributed by atoms with van der Waals surface area (Å²) in [5.74, 6) is -1.60. The molecule has 3 aliphatic rings. The molecule has 1 aromatic rings. The molecular formula is C27H32FN3O5S. The van der Waals surface area contributed by atoms with E-state index in [0.717, 1.165) is 6.42 Å². The third-order valence-corrected chi connectivity index (χ3v) is 7.36. The molecule has 0 spiro atoms. The van der Waals surface area contributed by atoms with Crippen molar-refractivity contribution in [1.82, 2.24) is 9.80 Å². The van der Waals surface area contributed by atoms with Crippen molar-refractivity contribution >= 4 is 34.8 Å². The highest BCUT2D eigenvalue weighted by Crippen LogP contribution is 2.45. The number of benzene rings is 1. The Balaban J connectivity index is 1.60. The predicted molar refractivity (Wildman–Crippen MR) is 139 cm³/mol. The zero-order valence-electron chi connectivity index (χ0n) is 21.5. The molecule has 0 unspecified atom stereocenters. The van der Waals surface area contributed by atoms with Gasteiger partial charge in [-0.05, 0) is 63.6 Å². The van der Waals surface area contributed by atoms with Crippen molar-refractivity contribution in [2.24, 2.45) is 10.9 Å². The summed E-state index contributed by atoms with van der Waals surface area (Å²) in [6.45, 7) is 8.28. The van der Waals surface area contributed by atoms with Crippen LogP contribution in [-0.2, 0) is 23.9 Å². The molecule has 1 amide bonds. The Morgan fingerprint density at radius 1 is 1.22 bits per heavy atom. The Kier molecular flexibility index (Phi) is 8.36. The van der Waals surface area contributed by atoms with E-state index in [2.05, 4.69) is 4.99 Å². The Hall–Kier alpha value is -3.14. The van der Waals surface area contributed by atoms with Crippen molar-refractivity contribution < 1.29 is 28.2 Å². The first kappa shape index (κ1) is 26.9. The summed E-state index contributed by atoms with van der Waals surface area (Å²) in [5.41, 5.74) is 2.24. The third-order valence-electron chi connectivity index (χ3n) is 6.48. The van der Waals surface area contributed by atoms with Crippen molar-refractivity contribution in [2.75, 3.05) is 19.7 Å². The molecule has 2 atom stereocenters. The molecule has 0 aliphatic carbocycles. The number of carbonyl (C=O) groups is 3. The van der Waals surface area contributed by atoms with Gasteiger partial charge in [0.05, 0.1) is 42.4 Å². The van der Waals surface area contributed by atoms with E-state index in [1.54, 1.807) is 44.7 Å². The molecule has 1 saturated heterocycles. The SMILES string of the molecule is CCOC(=O)[C@@H]1CCCN(C(=O)CC2=CSC3=NC(C)=C(C(=O)OC(C)C)[C@@H](c4ccc(F)cc4)N23)C1. The summed E-state index contributed by atoms with van der Waals surface area (Å²) < 4.78 is 24.5. The number of fused-ring (bicyclic) bond motifs is 1. The fourth-order valence-corrected chi connectivity index (χ4v) is 5.76. The van der Waals surface area contributed by atoms with E-state index in [-0.39, 0.29) is 36.1 Å². The lowest BCUT2D eigenvalue weighted by atomic mass is 9.93. The molecule has 4 rings (SSSR count). The third kappa shape index (κ3) is 5.89. The van der Waals surface area contributed by atoms with Crippen LogP contribution in [0.15, 0.2) is 51.6 Å². The van der Waals surface area contributed by atoms with Crippen LogP contribution in [0, 0.1) is 11.7 Å². The van der Waals surface area contributed by atoms with E-state index in [4.69, 9.17) is 9.47 Å². The smallest absolute Gasteiger partial charge is 0.338 e. The number of amides is 1. The van der Waals surface area contributed by atoms with Crippen LogP contribution >= 0.6 is 11.8 Å². The number of hydrogen-bond donors (Lipinski definition) is 0. The number of carbonyl (C=O) groups excluding carboxylic acids is 3.